The molecule has 0 radical (unpaired) electrons. The first kappa shape index (κ1) is 12.8. The van der Waals surface area contributed by atoms with Gasteiger partial charge in [0.25, 0.3) is 0 Å². The molecule has 0 aliphatic carbocycles. The van der Waals surface area contributed by atoms with Crippen molar-refractivity contribution in [1.82, 2.24) is 15.0 Å². The van der Waals surface area contributed by atoms with Crippen LogP contribution in [0.5, 0.6) is 0 Å². The molecule has 0 unspecified atom stereocenters. The molecule has 20 heavy (non-hydrogen) atoms. The monoisotopic (exact) mass is 280 g/mol. The van der Waals surface area contributed by atoms with Gasteiger partial charge < -0.3 is 4.90 Å². The molecular formula is C13H11F3N4. The van der Waals surface area contributed by atoms with Gasteiger partial charge in [-0.3, -0.25) is 0 Å². The first-order valence-corrected chi connectivity index (χ1v) is 6.10. The second-order valence-corrected chi connectivity index (χ2v) is 4.57. The van der Waals surface area contributed by atoms with E-state index in [9.17, 15) is 13.2 Å². The van der Waals surface area contributed by atoms with Crippen molar-refractivity contribution in [2.45, 2.75) is 19.1 Å². The number of fused-ring (bicyclic) bond motifs is 1. The van der Waals surface area contributed by atoms with Gasteiger partial charge in [-0.05, 0) is 12.1 Å². The zero-order chi connectivity index (χ0) is 14.2. The molecule has 0 aromatic carbocycles. The molecule has 3 rings (SSSR count). The van der Waals surface area contributed by atoms with Gasteiger partial charge >= 0.3 is 6.18 Å². The first-order valence-electron chi connectivity index (χ1n) is 6.10. The van der Waals surface area contributed by atoms with Crippen molar-refractivity contribution < 1.29 is 13.2 Å². The van der Waals surface area contributed by atoms with Crippen molar-refractivity contribution in [2.75, 3.05) is 11.4 Å². The topological polar surface area (TPSA) is 41.9 Å². The van der Waals surface area contributed by atoms with Crippen molar-refractivity contribution in [3.63, 3.8) is 0 Å². The van der Waals surface area contributed by atoms with Crippen LogP contribution in [0.4, 0.5) is 19.0 Å². The summed E-state index contributed by atoms with van der Waals surface area (Å²) in [7, 11) is 0. The van der Waals surface area contributed by atoms with Crippen LogP contribution in [0.3, 0.4) is 0 Å². The van der Waals surface area contributed by atoms with Gasteiger partial charge in [-0.1, -0.05) is 0 Å². The molecule has 104 valence electrons. The predicted molar refractivity (Wildman–Crippen MR) is 66.0 cm³/mol. The largest absolute Gasteiger partial charge is 0.416 e. The maximum atomic E-state index is 12.7. The zero-order valence-corrected chi connectivity index (χ0v) is 10.4. The summed E-state index contributed by atoms with van der Waals surface area (Å²) >= 11 is 0. The summed E-state index contributed by atoms with van der Waals surface area (Å²) in [5, 5.41) is 0. The van der Waals surface area contributed by atoms with Gasteiger partial charge in [0, 0.05) is 37.5 Å². The van der Waals surface area contributed by atoms with E-state index in [4.69, 9.17) is 0 Å². The molecule has 0 spiro atoms. The number of rotatable bonds is 1. The number of hydrogen-bond donors (Lipinski definition) is 0. The fourth-order valence-corrected chi connectivity index (χ4v) is 2.23. The van der Waals surface area contributed by atoms with Gasteiger partial charge in [-0.15, -0.1) is 0 Å². The Labute approximate surface area is 113 Å². The Morgan fingerprint density at radius 2 is 2.05 bits per heavy atom. The van der Waals surface area contributed by atoms with E-state index in [2.05, 4.69) is 15.0 Å². The van der Waals surface area contributed by atoms with E-state index in [0.717, 1.165) is 23.4 Å². The molecule has 3 heterocycles. The lowest BCUT2D eigenvalue weighted by molar-refractivity contribution is -0.137. The van der Waals surface area contributed by atoms with Crippen LogP contribution in [0.2, 0.25) is 0 Å². The number of halogens is 3. The Bertz CT molecular complexity index is 627. The number of pyridine rings is 1. The Morgan fingerprint density at radius 1 is 1.20 bits per heavy atom. The lowest BCUT2D eigenvalue weighted by Gasteiger charge is -2.29. The Morgan fingerprint density at radius 3 is 2.85 bits per heavy atom. The van der Waals surface area contributed by atoms with Crippen LogP contribution < -0.4 is 4.90 Å². The molecule has 4 nitrogen and oxygen atoms in total. The molecule has 1 aliphatic heterocycles. The summed E-state index contributed by atoms with van der Waals surface area (Å²) < 4.78 is 38.1. The Balaban J connectivity index is 1.88. The molecule has 7 heteroatoms. The molecule has 1 aliphatic rings. The van der Waals surface area contributed by atoms with Gasteiger partial charge in [0.05, 0.1) is 11.3 Å². The SMILES string of the molecule is FC(F)(F)c1ccnc(N2CCc3ncncc3C2)c1. The molecule has 2 aromatic rings. The highest BCUT2D eigenvalue weighted by atomic mass is 19.4. The number of alkyl halides is 3. The van der Waals surface area contributed by atoms with Crippen molar-refractivity contribution in [3.05, 3.63) is 47.7 Å². The van der Waals surface area contributed by atoms with Crippen LogP contribution in [0, 0.1) is 0 Å². The molecule has 0 saturated heterocycles. The van der Waals surface area contributed by atoms with E-state index in [-0.39, 0.29) is 0 Å². The summed E-state index contributed by atoms with van der Waals surface area (Å²) in [6, 6.07) is 2.05. The standard InChI is InChI=1S/C13H11F3N4/c14-13(15,16)10-1-3-18-12(5-10)20-4-2-11-9(7-20)6-17-8-19-11/h1,3,5-6,8H,2,4,7H2. The third-order valence-corrected chi connectivity index (χ3v) is 3.26. The van der Waals surface area contributed by atoms with Crippen molar-refractivity contribution in [1.29, 1.82) is 0 Å². The average Bonchev–Trinajstić information content (AvgIpc) is 2.46. The second-order valence-electron chi connectivity index (χ2n) is 4.57. The number of nitrogens with zero attached hydrogens (tertiary/aromatic N) is 4. The smallest absolute Gasteiger partial charge is 0.352 e. The van der Waals surface area contributed by atoms with Gasteiger partial charge in [0.15, 0.2) is 0 Å². The molecular weight excluding hydrogens is 269 g/mol. The van der Waals surface area contributed by atoms with Gasteiger partial charge in [0.1, 0.15) is 12.1 Å². The maximum absolute atomic E-state index is 12.7. The average molecular weight is 280 g/mol. The Kier molecular flexibility index (Phi) is 3.04. The highest BCUT2D eigenvalue weighted by Crippen LogP contribution is 2.31. The summed E-state index contributed by atoms with van der Waals surface area (Å²) in [6.45, 7) is 1.07. The fraction of sp³-hybridized carbons (Fsp3) is 0.308. The van der Waals surface area contributed by atoms with Crippen molar-refractivity contribution >= 4 is 5.82 Å². The highest BCUT2D eigenvalue weighted by molar-refractivity contribution is 5.44. The van der Waals surface area contributed by atoms with Crippen molar-refractivity contribution in [2.24, 2.45) is 0 Å². The fourth-order valence-electron chi connectivity index (χ4n) is 2.23. The third kappa shape index (κ3) is 2.43. The minimum Gasteiger partial charge on any atom is -0.352 e. The molecule has 2 aromatic heterocycles. The number of aromatic nitrogens is 3. The molecule has 0 amide bonds. The van der Waals surface area contributed by atoms with E-state index in [0.29, 0.717) is 25.3 Å². The van der Waals surface area contributed by atoms with Gasteiger partial charge in [0.2, 0.25) is 0 Å². The number of anilines is 1. The molecule has 0 N–H and O–H groups in total. The van der Waals surface area contributed by atoms with Crippen LogP contribution in [-0.2, 0) is 19.1 Å². The van der Waals surface area contributed by atoms with Gasteiger partial charge in [-0.25, -0.2) is 15.0 Å². The van der Waals surface area contributed by atoms with Gasteiger partial charge in [-0.2, -0.15) is 13.2 Å². The van der Waals surface area contributed by atoms with E-state index >= 15 is 0 Å². The van der Waals surface area contributed by atoms with E-state index < -0.39 is 11.7 Å². The number of hydrogen-bond acceptors (Lipinski definition) is 4. The Hall–Kier alpha value is -2.18. The van der Waals surface area contributed by atoms with Crippen LogP contribution in [0.1, 0.15) is 16.8 Å². The first-order chi connectivity index (χ1) is 9.54. The van der Waals surface area contributed by atoms with E-state index in [1.165, 1.54) is 12.5 Å². The summed E-state index contributed by atoms with van der Waals surface area (Å²) in [5.74, 6) is 0.328. The maximum Gasteiger partial charge on any atom is 0.416 e. The second kappa shape index (κ2) is 4.73. The van der Waals surface area contributed by atoms with Crippen molar-refractivity contribution in [3.8, 4) is 0 Å². The quantitative estimate of drug-likeness (QED) is 0.804. The minimum atomic E-state index is -4.35. The van der Waals surface area contributed by atoms with Crippen LogP contribution in [-0.4, -0.2) is 21.5 Å². The van der Waals surface area contributed by atoms with Crippen LogP contribution in [0.15, 0.2) is 30.9 Å². The molecule has 0 atom stereocenters. The van der Waals surface area contributed by atoms with Crippen LogP contribution in [0.25, 0.3) is 0 Å². The predicted octanol–water partition coefficient (Wildman–Crippen LogP) is 2.45. The minimum absolute atomic E-state index is 0.328. The summed E-state index contributed by atoms with van der Waals surface area (Å²) in [5.41, 5.74) is 1.19. The molecule has 0 bridgehead atoms. The third-order valence-electron chi connectivity index (χ3n) is 3.26. The van der Waals surface area contributed by atoms with E-state index in [1.54, 1.807) is 11.1 Å². The van der Waals surface area contributed by atoms with Crippen LogP contribution >= 0.6 is 0 Å². The lowest BCUT2D eigenvalue weighted by atomic mass is 10.1. The highest BCUT2D eigenvalue weighted by Gasteiger charge is 2.31. The molecule has 0 saturated carbocycles. The molecule has 0 fully saturated rings. The summed E-state index contributed by atoms with van der Waals surface area (Å²) in [4.78, 5) is 14.0. The zero-order valence-electron chi connectivity index (χ0n) is 10.4. The summed E-state index contributed by atoms with van der Waals surface area (Å²) in [6.07, 6.45) is 0.693. The lowest BCUT2D eigenvalue weighted by Crippen LogP contribution is -2.31. The van der Waals surface area contributed by atoms with E-state index in [1.807, 2.05) is 0 Å². The normalized spacial score (nSPS) is 15.1.